The van der Waals surface area contributed by atoms with E-state index in [1.807, 2.05) is 6.92 Å². The van der Waals surface area contributed by atoms with E-state index < -0.39 is 11.7 Å². The highest BCUT2D eigenvalue weighted by Crippen LogP contribution is 2.20. The summed E-state index contributed by atoms with van der Waals surface area (Å²) < 4.78 is 15.1. The van der Waals surface area contributed by atoms with E-state index in [2.05, 4.69) is 15.6 Å². The van der Waals surface area contributed by atoms with Crippen LogP contribution in [0, 0.1) is 11.7 Å². The highest BCUT2D eigenvalue weighted by Gasteiger charge is 2.18. The molecular weight excluding hydrogens is 311 g/mol. The Labute approximate surface area is 131 Å². The van der Waals surface area contributed by atoms with Gasteiger partial charge in [-0.3, -0.25) is 4.79 Å². The van der Waals surface area contributed by atoms with Gasteiger partial charge in [-0.1, -0.05) is 29.8 Å². The van der Waals surface area contributed by atoms with Crippen LogP contribution in [0.25, 0.3) is 5.69 Å². The normalized spacial score (nSPS) is 13.7. The number of nitrogens with one attached hydrogen (secondary N) is 1. The molecule has 2 unspecified atom stereocenters. The van der Waals surface area contributed by atoms with Gasteiger partial charge >= 0.3 is 0 Å². The van der Waals surface area contributed by atoms with Gasteiger partial charge in [-0.05, 0) is 25.0 Å². The molecule has 2 aromatic rings. The molecule has 8 heteroatoms. The van der Waals surface area contributed by atoms with Crippen molar-refractivity contribution in [2.75, 3.05) is 6.61 Å². The molecule has 2 N–H and O–H groups in total. The molecule has 1 amide bonds. The summed E-state index contributed by atoms with van der Waals surface area (Å²) in [6.45, 7) is 3.55. The van der Waals surface area contributed by atoms with E-state index in [1.165, 1.54) is 18.3 Å². The first-order valence-corrected chi connectivity index (χ1v) is 7.10. The van der Waals surface area contributed by atoms with Crippen LogP contribution in [-0.4, -0.2) is 38.7 Å². The number of carbonyl (C=O) groups excluding carboxylic acids is 1. The number of aliphatic hydroxyl groups excluding tert-OH is 1. The number of benzene rings is 1. The van der Waals surface area contributed by atoms with Crippen LogP contribution >= 0.6 is 11.6 Å². The van der Waals surface area contributed by atoms with Gasteiger partial charge in [0.15, 0.2) is 11.5 Å². The minimum atomic E-state index is -0.636. The molecule has 0 bridgehead atoms. The largest absolute Gasteiger partial charge is 0.396 e. The average molecular weight is 327 g/mol. The third-order valence-electron chi connectivity index (χ3n) is 3.40. The summed E-state index contributed by atoms with van der Waals surface area (Å²) in [6, 6.07) is 4.25. The second-order valence-corrected chi connectivity index (χ2v) is 5.45. The SMILES string of the molecule is CC(CO)C(C)NC(=O)c1cn(-c2cccc(Cl)c2F)nn1. The third kappa shape index (κ3) is 3.42. The first-order chi connectivity index (χ1) is 10.4. The molecule has 2 atom stereocenters. The van der Waals surface area contributed by atoms with Crippen LogP contribution in [-0.2, 0) is 0 Å². The lowest BCUT2D eigenvalue weighted by atomic mass is 10.1. The molecule has 0 radical (unpaired) electrons. The minimum absolute atomic E-state index is 0.0376. The molecule has 0 aliphatic carbocycles. The van der Waals surface area contributed by atoms with E-state index in [9.17, 15) is 9.18 Å². The maximum atomic E-state index is 13.9. The summed E-state index contributed by atoms with van der Waals surface area (Å²) in [5.74, 6) is -1.17. The molecule has 0 aliphatic heterocycles. The maximum absolute atomic E-state index is 13.9. The molecule has 2 rings (SSSR count). The Kier molecular flexibility index (Phi) is 5.10. The second kappa shape index (κ2) is 6.85. The van der Waals surface area contributed by atoms with E-state index in [4.69, 9.17) is 16.7 Å². The Hall–Kier alpha value is -1.99. The lowest BCUT2D eigenvalue weighted by Gasteiger charge is -2.18. The van der Waals surface area contributed by atoms with E-state index in [-0.39, 0.29) is 35.0 Å². The van der Waals surface area contributed by atoms with Gasteiger partial charge in [0.25, 0.3) is 5.91 Å². The summed E-state index contributed by atoms with van der Waals surface area (Å²) in [5.41, 5.74) is 0.159. The van der Waals surface area contributed by atoms with Crippen molar-refractivity contribution in [1.29, 1.82) is 0 Å². The lowest BCUT2D eigenvalue weighted by molar-refractivity contribution is 0.0911. The molecule has 0 spiro atoms. The van der Waals surface area contributed by atoms with Gasteiger partial charge in [0.05, 0.1) is 11.2 Å². The maximum Gasteiger partial charge on any atom is 0.273 e. The number of hydrogen-bond donors (Lipinski definition) is 2. The fourth-order valence-corrected chi connectivity index (χ4v) is 1.91. The van der Waals surface area contributed by atoms with Crippen molar-refractivity contribution in [2.45, 2.75) is 19.9 Å². The van der Waals surface area contributed by atoms with Crippen LogP contribution in [0.4, 0.5) is 4.39 Å². The zero-order valence-electron chi connectivity index (χ0n) is 12.1. The lowest BCUT2D eigenvalue weighted by Crippen LogP contribution is -2.38. The van der Waals surface area contributed by atoms with Crippen LogP contribution in [0.3, 0.4) is 0 Å². The molecule has 1 aromatic carbocycles. The second-order valence-electron chi connectivity index (χ2n) is 5.04. The van der Waals surface area contributed by atoms with E-state index in [0.717, 1.165) is 4.68 Å². The van der Waals surface area contributed by atoms with Crippen molar-refractivity contribution in [3.8, 4) is 5.69 Å². The van der Waals surface area contributed by atoms with E-state index in [0.29, 0.717) is 0 Å². The van der Waals surface area contributed by atoms with E-state index in [1.54, 1.807) is 13.0 Å². The highest BCUT2D eigenvalue weighted by atomic mass is 35.5. The third-order valence-corrected chi connectivity index (χ3v) is 3.70. The van der Waals surface area contributed by atoms with Crippen LogP contribution in [0.1, 0.15) is 24.3 Å². The van der Waals surface area contributed by atoms with Crippen molar-refractivity contribution in [3.05, 3.63) is 40.9 Å². The number of hydrogen-bond acceptors (Lipinski definition) is 4. The Morgan fingerprint density at radius 3 is 2.91 bits per heavy atom. The minimum Gasteiger partial charge on any atom is -0.396 e. The fourth-order valence-electron chi connectivity index (χ4n) is 1.74. The van der Waals surface area contributed by atoms with Crippen molar-refractivity contribution in [1.82, 2.24) is 20.3 Å². The zero-order chi connectivity index (χ0) is 16.3. The molecule has 0 saturated heterocycles. The molecular formula is C14H16ClFN4O2. The first kappa shape index (κ1) is 16.4. The predicted molar refractivity (Wildman–Crippen MR) is 79.5 cm³/mol. The summed E-state index contributed by atoms with van der Waals surface area (Å²) in [5, 5.41) is 19.2. The smallest absolute Gasteiger partial charge is 0.273 e. The number of rotatable bonds is 5. The predicted octanol–water partition coefficient (Wildman–Crippen LogP) is 1.81. The standard InChI is InChI=1S/C14H16ClFN4O2/c1-8(7-21)9(2)17-14(22)11-6-20(19-18-11)12-5-3-4-10(15)13(12)16/h3-6,8-9,21H,7H2,1-2H3,(H,17,22). The van der Waals surface area contributed by atoms with E-state index >= 15 is 0 Å². The van der Waals surface area contributed by atoms with Gasteiger partial charge in [-0.25, -0.2) is 9.07 Å². The number of halogens is 2. The van der Waals surface area contributed by atoms with Crippen LogP contribution in [0.5, 0.6) is 0 Å². The van der Waals surface area contributed by atoms with Crippen LogP contribution < -0.4 is 5.32 Å². The van der Waals surface area contributed by atoms with Gasteiger partial charge in [-0.2, -0.15) is 0 Å². The van der Waals surface area contributed by atoms with Crippen molar-refractivity contribution >= 4 is 17.5 Å². The van der Waals surface area contributed by atoms with Crippen LogP contribution in [0.15, 0.2) is 24.4 Å². The molecule has 1 heterocycles. The molecule has 22 heavy (non-hydrogen) atoms. The van der Waals surface area contributed by atoms with Crippen molar-refractivity contribution in [2.24, 2.45) is 5.92 Å². The topological polar surface area (TPSA) is 80.0 Å². The monoisotopic (exact) mass is 326 g/mol. The van der Waals surface area contributed by atoms with Gasteiger partial charge in [0.1, 0.15) is 5.69 Å². The summed E-state index contributed by atoms with van der Waals surface area (Å²) in [6.07, 6.45) is 1.32. The van der Waals surface area contributed by atoms with Crippen molar-refractivity contribution in [3.63, 3.8) is 0 Å². The molecule has 0 saturated carbocycles. The molecule has 0 fully saturated rings. The van der Waals surface area contributed by atoms with Gasteiger partial charge in [-0.15, -0.1) is 5.10 Å². The van der Waals surface area contributed by atoms with Crippen molar-refractivity contribution < 1.29 is 14.3 Å². The molecule has 6 nitrogen and oxygen atoms in total. The van der Waals surface area contributed by atoms with Crippen LogP contribution in [0.2, 0.25) is 5.02 Å². The highest BCUT2D eigenvalue weighted by molar-refractivity contribution is 6.30. The molecule has 0 aliphatic rings. The number of carbonyl (C=O) groups is 1. The Bertz CT molecular complexity index is 677. The molecule has 1 aromatic heterocycles. The van der Waals surface area contributed by atoms with Gasteiger partial charge < -0.3 is 10.4 Å². The quantitative estimate of drug-likeness (QED) is 0.878. The fraction of sp³-hybridized carbons (Fsp3) is 0.357. The summed E-state index contributed by atoms with van der Waals surface area (Å²) in [4.78, 5) is 12.0. The van der Waals surface area contributed by atoms with Gasteiger partial charge in [0.2, 0.25) is 0 Å². The Morgan fingerprint density at radius 2 is 2.23 bits per heavy atom. The number of amides is 1. The Balaban J connectivity index is 2.18. The summed E-state index contributed by atoms with van der Waals surface area (Å²) in [7, 11) is 0. The van der Waals surface area contributed by atoms with Gasteiger partial charge in [0, 0.05) is 12.6 Å². The molecule has 118 valence electrons. The zero-order valence-corrected chi connectivity index (χ0v) is 12.9. The first-order valence-electron chi connectivity index (χ1n) is 6.72. The number of aliphatic hydroxyl groups is 1. The Morgan fingerprint density at radius 1 is 1.50 bits per heavy atom. The average Bonchev–Trinajstić information content (AvgIpc) is 2.98. The number of nitrogens with zero attached hydrogens (tertiary/aromatic N) is 3. The summed E-state index contributed by atoms with van der Waals surface area (Å²) >= 11 is 5.71. The number of aromatic nitrogens is 3.